The van der Waals surface area contributed by atoms with Gasteiger partial charge in [-0.2, -0.15) is 0 Å². The predicted molar refractivity (Wildman–Crippen MR) is 73.3 cm³/mol. The van der Waals surface area contributed by atoms with Crippen LogP contribution in [0.2, 0.25) is 0 Å². The predicted octanol–water partition coefficient (Wildman–Crippen LogP) is 3.34. The minimum absolute atomic E-state index is 0.726. The van der Waals surface area contributed by atoms with Crippen molar-refractivity contribution >= 4 is 28.5 Å². The third-order valence-corrected chi connectivity index (χ3v) is 3.74. The zero-order valence-electron chi connectivity index (χ0n) is 9.93. The lowest BCUT2D eigenvalue weighted by Gasteiger charge is -1.92. The molecule has 90 valence electrons. The van der Waals surface area contributed by atoms with Gasteiger partial charge in [-0.1, -0.05) is 12.1 Å². The molecule has 2 aromatic heterocycles. The van der Waals surface area contributed by atoms with Gasteiger partial charge in [0.15, 0.2) is 6.29 Å². The summed E-state index contributed by atoms with van der Waals surface area (Å²) in [6.45, 7) is 2.00. The number of hydrogen-bond acceptors (Lipinski definition) is 3. The molecule has 1 N–H and O–H groups in total. The smallest absolute Gasteiger partial charge is 0.150 e. The van der Waals surface area contributed by atoms with Gasteiger partial charge in [-0.05, 0) is 19.1 Å². The Kier molecular flexibility index (Phi) is 2.72. The summed E-state index contributed by atoms with van der Waals surface area (Å²) in [6.07, 6.45) is 1.67. The lowest BCUT2D eigenvalue weighted by molar-refractivity contribution is 0.112. The highest BCUT2D eigenvalue weighted by atomic mass is 32.1. The molecule has 3 rings (SSSR count). The topological polar surface area (TPSA) is 45.8 Å². The second-order valence-electron chi connectivity index (χ2n) is 4.26. The maximum absolute atomic E-state index is 11.0. The molecule has 0 fully saturated rings. The van der Waals surface area contributed by atoms with Crippen LogP contribution >= 0.6 is 11.3 Å². The third kappa shape index (κ3) is 1.95. The number of H-pyrrole nitrogens is 1. The highest BCUT2D eigenvalue weighted by Gasteiger charge is 2.06. The van der Waals surface area contributed by atoms with Crippen molar-refractivity contribution < 1.29 is 4.79 Å². The lowest BCUT2D eigenvalue weighted by atomic mass is 10.1. The van der Waals surface area contributed by atoms with E-state index in [1.54, 1.807) is 11.3 Å². The van der Waals surface area contributed by atoms with E-state index in [-0.39, 0.29) is 0 Å². The molecule has 0 radical (unpaired) electrons. The highest BCUT2D eigenvalue weighted by molar-refractivity contribution is 7.09. The molecule has 0 atom stereocenters. The Bertz CT molecular complexity index is 711. The van der Waals surface area contributed by atoms with Crippen molar-refractivity contribution in [2.75, 3.05) is 0 Å². The van der Waals surface area contributed by atoms with E-state index in [9.17, 15) is 4.79 Å². The van der Waals surface area contributed by atoms with Crippen LogP contribution in [-0.2, 0) is 6.42 Å². The Morgan fingerprint density at radius 1 is 1.44 bits per heavy atom. The number of thiazole rings is 1. The molecular formula is C14H12N2OS. The number of aromatic amines is 1. The van der Waals surface area contributed by atoms with Crippen LogP contribution in [0, 0.1) is 6.92 Å². The summed E-state index contributed by atoms with van der Waals surface area (Å²) in [6, 6.07) is 7.74. The van der Waals surface area contributed by atoms with Gasteiger partial charge in [-0.15, -0.1) is 11.3 Å². The van der Waals surface area contributed by atoms with E-state index in [0.717, 1.165) is 45.6 Å². The summed E-state index contributed by atoms with van der Waals surface area (Å²) in [7, 11) is 0. The summed E-state index contributed by atoms with van der Waals surface area (Å²) in [5.41, 5.74) is 3.88. The molecule has 0 bridgehead atoms. The SMILES string of the molecule is Cc1nc(Cc2cc3c(C=O)cccc3[nH]2)cs1. The number of nitrogens with zero attached hydrogens (tertiary/aromatic N) is 1. The van der Waals surface area contributed by atoms with Gasteiger partial charge in [0, 0.05) is 34.0 Å². The molecule has 0 amide bonds. The summed E-state index contributed by atoms with van der Waals surface area (Å²) in [5, 5.41) is 4.13. The maximum atomic E-state index is 11.0. The Morgan fingerprint density at radius 3 is 3.06 bits per heavy atom. The first kappa shape index (κ1) is 11.2. The Balaban J connectivity index is 2.00. The normalized spacial score (nSPS) is 10.9. The number of carbonyl (C=O) groups is 1. The second kappa shape index (κ2) is 4.38. The zero-order valence-corrected chi connectivity index (χ0v) is 10.8. The summed E-state index contributed by atoms with van der Waals surface area (Å²) < 4.78 is 0. The first-order valence-electron chi connectivity index (χ1n) is 5.73. The van der Waals surface area contributed by atoms with Gasteiger partial charge in [0.2, 0.25) is 0 Å². The average molecular weight is 256 g/mol. The van der Waals surface area contributed by atoms with Gasteiger partial charge >= 0.3 is 0 Å². The Hall–Kier alpha value is -1.94. The monoisotopic (exact) mass is 256 g/mol. The summed E-state index contributed by atoms with van der Waals surface area (Å²) in [5.74, 6) is 0. The minimum Gasteiger partial charge on any atom is -0.358 e. The molecule has 3 nitrogen and oxygen atoms in total. The number of nitrogens with one attached hydrogen (secondary N) is 1. The van der Waals surface area contributed by atoms with E-state index < -0.39 is 0 Å². The van der Waals surface area contributed by atoms with Crippen LogP contribution in [0.25, 0.3) is 10.9 Å². The summed E-state index contributed by atoms with van der Waals surface area (Å²) in [4.78, 5) is 18.7. The van der Waals surface area contributed by atoms with Crippen molar-refractivity contribution in [1.29, 1.82) is 0 Å². The van der Waals surface area contributed by atoms with E-state index in [1.807, 2.05) is 31.2 Å². The molecule has 3 aromatic rings. The standard InChI is InChI=1S/C14H12N2OS/c1-9-15-12(8-18-9)5-11-6-13-10(7-17)3-2-4-14(13)16-11/h2-4,6-8,16H,5H2,1H3. The highest BCUT2D eigenvalue weighted by Crippen LogP contribution is 2.21. The van der Waals surface area contributed by atoms with Gasteiger partial charge in [0.1, 0.15) is 0 Å². The van der Waals surface area contributed by atoms with Crippen LogP contribution in [0.3, 0.4) is 0 Å². The first-order valence-corrected chi connectivity index (χ1v) is 6.61. The zero-order chi connectivity index (χ0) is 12.5. The lowest BCUT2D eigenvalue weighted by Crippen LogP contribution is -1.87. The van der Waals surface area contributed by atoms with E-state index in [2.05, 4.69) is 15.3 Å². The first-order chi connectivity index (χ1) is 8.76. The van der Waals surface area contributed by atoms with Crippen molar-refractivity contribution in [2.24, 2.45) is 0 Å². The van der Waals surface area contributed by atoms with Gasteiger partial charge in [0.05, 0.1) is 10.7 Å². The van der Waals surface area contributed by atoms with Crippen LogP contribution in [0.4, 0.5) is 0 Å². The van der Waals surface area contributed by atoms with E-state index in [0.29, 0.717) is 0 Å². The number of aldehydes is 1. The summed E-state index contributed by atoms with van der Waals surface area (Å²) >= 11 is 1.66. The van der Waals surface area contributed by atoms with Gasteiger partial charge in [0.25, 0.3) is 0 Å². The molecule has 18 heavy (non-hydrogen) atoms. The Labute approximate surface area is 108 Å². The van der Waals surface area contributed by atoms with Crippen molar-refractivity contribution in [2.45, 2.75) is 13.3 Å². The van der Waals surface area contributed by atoms with Gasteiger partial charge in [-0.25, -0.2) is 4.98 Å². The molecule has 0 saturated carbocycles. The van der Waals surface area contributed by atoms with E-state index in [4.69, 9.17) is 0 Å². The Morgan fingerprint density at radius 2 is 2.33 bits per heavy atom. The van der Waals surface area contributed by atoms with Crippen LogP contribution in [0.15, 0.2) is 29.6 Å². The molecule has 0 spiro atoms. The molecule has 0 unspecified atom stereocenters. The second-order valence-corrected chi connectivity index (χ2v) is 5.32. The molecule has 4 heteroatoms. The maximum Gasteiger partial charge on any atom is 0.150 e. The molecule has 0 saturated heterocycles. The van der Waals surface area contributed by atoms with Crippen LogP contribution in [0.5, 0.6) is 0 Å². The van der Waals surface area contributed by atoms with Gasteiger partial charge in [-0.3, -0.25) is 4.79 Å². The van der Waals surface area contributed by atoms with Crippen LogP contribution in [0.1, 0.15) is 26.8 Å². The molecule has 0 aliphatic carbocycles. The van der Waals surface area contributed by atoms with E-state index in [1.165, 1.54) is 0 Å². The third-order valence-electron chi connectivity index (χ3n) is 2.92. The quantitative estimate of drug-likeness (QED) is 0.730. The average Bonchev–Trinajstić information content (AvgIpc) is 2.94. The number of fused-ring (bicyclic) bond motifs is 1. The van der Waals surface area contributed by atoms with Crippen LogP contribution in [-0.4, -0.2) is 16.3 Å². The minimum atomic E-state index is 0.726. The number of benzene rings is 1. The molecular weight excluding hydrogens is 244 g/mol. The largest absolute Gasteiger partial charge is 0.358 e. The van der Waals surface area contributed by atoms with E-state index >= 15 is 0 Å². The fourth-order valence-electron chi connectivity index (χ4n) is 2.12. The van der Waals surface area contributed by atoms with Gasteiger partial charge < -0.3 is 4.98 Å². The van der Waals surface area contributed by atoms with Crippen molar-refractivity contribution in [3.63, 3.8) is 0 Å². The number of hydrogen-bond donors (Lipinski definition) is 1. The van der Waals surface area contributed by atoms with Crippen molar-refractivity contribution in [3.05, 3.63) is 51.6 Å². The molecule has 0 aliphatic heterocycles. The molecule has 1 aromatic carbocycles. The van der Waals surface area contributed by atoms with Crippen LogP contribution < -0.4 is 0 Å². The van der Waals surface area contributed by atoms with Crippen molar-refractivity contribution in [3.8, 4) is 0 Å². The number of aromatic nitrogens is 2. The van der Waals surface area contributed by atoms with Crippen molar-refractivity contribution in [1.82, 2.24) is 9.97 Å². The molecule has 2 heterocycles. The fourth-order valence-corrected chi connectivity index (χ4v) is 2.73. The number of carbonyl (C=O) groups excluding carboxylic acids is 1. The number of aryl methyl sites for hydroxylation is 1. The fraction of sp³-hybridized carbons (Fsp3) is 0.143. The number of rotatable bonds is 3. The molecule has 0 aliphatic rings.